The molecular weight excluding hydrogens is 230 g/mol. The Labute approximate surface area is 104 Å². The lowest BCUT2D eigenvalue weighted by Gasteiger charge is -2.06. The summed E-state index contributed by atoms with van der Waals surface area (Å²) in [6, 6.07) is 5.35. The molecule has 2 aromatic heterocycles. The number of carbonyl (C=O) groups is 1. The highest BCUT2D eigenvalue weighted by Crippen LogP contribution is 2.01. The fourth-order valence-corrected chi connectivity index (χ4v) is 1.63. The molecule has 2 rings (SSSR count). The number of amides is 1. The summed E-state index contributed by atoms with van der Waals surface area (Å²) in [5.74, 6) is -0.377. The standard InChI is InChI=1S/C13H13N3O2/c1-9-4-6-15-12(17)11(9)13(18)16-8-10-3-2-5-14-7-10/h2-7H,8H2,1H3,(H,15,17)(H,16,18). The molecule has 18 heavy (non-hydrogen) atoms. The van der Waals surface area contributed by atoms with Crippen molar-refractivity contribution in [3.8, 4) is 0 Å². The maximum atomic E-state index is 11.9. The van der Waals surface area contributed by atoms with E-state index >= 15 is 0 Å². The van der Waals surface area contributed by atoms with Crippen molar-refractivity contribution in [1.82, 2.24) is 15.3 Å². The van der Waals surface area contributed by atoms with Crippen LogP contribution in [0, 0.1) is 6.92 Å². The first-order valence-electron chi connectivity index (χ1n) is 5.54. The molecule has 0 radical (unpaired) electrons. The molecule has 0 aromatic carbocycles. The van der Waals surface area contributed by atoms with E-state index < -0.39 is 0 Å². The van der Waals surface area contributed by atoms with Crippen LogP contribution in [-0.4, -0.2) is 15.9 Å². The highest BCUT2D eigenvalue weighted by atomic mass is 16.2. The van der Waals surface area contributed by atoms with E-state index in [4.69, 9.17) is 0 Å². The molecule has 0 bridgehead atoms. The monoisotopic (exact) mass is 243 g/mol. The van der Waals surface area contributed by atoms with Gasteiger partial charge in [-0.05, 0) is 30.2 Å². The van der Waals surface area contributed by atoms with Crippen LogP contribution in [0.25, 0.3) is 0 Å². The molecule has 5 heteroatoms. The summed E-state index contributed by atoms with van der Waals surface area (Å²) in [6.07, 6.45) is 4.86. The maximum absolute atomic E-state index is 11.9. The number of carbonyl (C=O) groups excluding carboxylic acids is 1. The van der Waals surface area contributed by atoms with E-state index in [1.54, 1.807) is 31.5 Å². The third-order valence-electron chi connectivity index (χ3n) is 2.57. The van der Waals surface area contributed by atoms with Crippen LogP contribution < -0.4 is 10.9 Å². The van der Waals surface area contributed by atoms with Crippen LogP contribution in [0.3, 0.4) is 0 Å². The quantitative estimate of drug-likeness (QED) is 0.844. The molecule has 2 heterocycles. The van der Waals surface area contributed by atoms with Crippen molar-refractivity contribution in [2.75, 3.05) is 0 Å². The molecule has 0 aliphatic carbocycles. The predicted octanol–water partition coefficient (Wildman–Crippen LogP) is 1.01. The zero-order chi connectivity index (χ0) is 13.0. The summed E-state index contributed by atoms with van der Waals surface area (Å²) in [6.45, 7) is 2.08. The number of nitrogens with one attached hydrogen (secondary N) is 2. The summed E-state index contributed by atoms with van der Waals surface area (Å²) in [4.78, 5) is 29.9. The van der Waals surface area contributed by atoms with Gasteiger partial charge in [0.25, 0.3) is 11.5 Å². The maximum Gasteiger partial charge on any atom is 0.261 e. The lowest BCUT2D eigenvalue weighted by molar-refractivity contribution is 0.0948. The van der Waals surface area contributed by atoms with Gasteiger partial charge in [-0.15, -0.1) is 0 Å². The van der Waals surface area contributed by atoms with Gasteiger partial charge in [-0.3, -0.25) is 14.6 Å². The summed E-state index contributed by atoms with van der Waals surface area (Å²) in [7, 11) is 0. The molecule has 0 fully saturated rings. The second-order valence-corrected chi connectivity index (χ2v) is 3.91. The van der Waals surface area contributed by atoms with Gasteiger partial charge in [-0.2, -0.15) is 0 Å². The Morgan fingerprint density at radius 2 is 2.28 bits per heavy atom. The normalized spacial score (nSPS) is 10.1. The molecule has 0 saturated carbocycles. The summed E-state index contributed by atoms with van der Waals surface area (Å²) in [5, 5.41) is 2.70. The van der Waals surface area contributed by atoms with Crippen LogP contribution in [0.4, 0.5) is 0 Å². The van der Waals surface area contributed by atoms with Crippen molar-refractivity contribution in [3.63, 3.8) is 0 Å². The SMILES string of the molecule is Cc1cc[nH]c(=O)c1C(=O)NCc1cccnc1. The van der Waals surface area contributed by atoms with Crippen molar-refractivity contribution < 1.29 is 4.79 Å². The van der Waals surface area contributed by atoms with Crippen LogP contribution in [-0.2, 0) is 6.54 Å². The van der Waals surface area contributed by atoms with Crippen molar-refractivity contribution in [1.29, 1.82) is 0 Å². The van der Waals surface area contributed by atoms with Gasteiger partial charge >= 0.3 is 0 Å². The van der Waals surface area contributed by atoms with E-state index in [1.165, 1.54) is 6.20 Å². The number of nitrogens with zero attached hydrogens (tertiary/aromatic N) is 1. The molecule has 5 nitrogen and oxygen atoms in total. The zero-order valence-electron chi connectivity index (χ0n) is 9.93. The minimum absolute atomic E-state index is 0.154. The van der Waals surface area contributed by atoms with Crippen LogP contribution in [0.15, 0.2) is 41.6 Å². The minimum atomic E-state index is -0.377. The third kappa shape index (κ3) is 2.63. The first-order chi connectivity index (χ1) is 8.68. The van der Waals surface area contributed by atoms with Gasteiger partial charge in [0.05, 0.1) is 0 Å². The second-order valence-electron chi connectivity index (χ2n) is 3.91. The molecule has 0 atom stereocenters. The smallest absolute Gasteiger partial charge is 0.261 e. The lowest BCUT2D eigenvalue weighted by atomic mass is 10.1. The fourth-order valence-electron chi connectivity index (χ4n) is 1.63. The number of hydrogen-bond acceptors (Lipinski definition) is 3. The number of aryl methyl sites for hydroxylation is 1. The van der Waals surface area contributed by atoms with Gasteiger partial charge in [-0.1, -0.05) is 6.07 Å². The first-order valence-corrected chi connectivity index (χ1v) is 5.54. The van der Waals surface area contributed by atoms with E-state index in [1.807, 2.05) is 6.07 Å². The molecule has 0 unspecified atom stereocenters. The number of H-pyrrole nitrogens is 1. The molecule has 0 saturated heterocycles. The van der Waals surface area contributed by atoms with Crippen LogP contribution in [0.5, 0.6) is 0 Å². The number of rotatable bonds is 3. The molecule has 92 valence electrons. The number of pyridine rings is 2. The van der Waals surface area contributed by atoms with E-state index in [0.29, 0.717) is 12.1 Å². The zero-order valence-corrected chi connectivity index (χ0v) is 9.93. The Kier molecular flexibility index (Phi) is 3.52. The van der Waals surface area contributed by atoms with E-state index in [9.17, 15) is 9.59 Å². The van der Waals surface area contributed by atoms with Gasteiger partial charge < -0.3 is 10.3 Å². The topological polar surface area (TPSA) is 74.8 Å². The summed E-state index contributed by atoms with van der Waals surface area (Å²) < 4.78 is 0. The van der Waals surface area contributed by atoms with Gasteiger partial charge in [0, 0.05) is 25.1 Å². The second kappa shape index (κ2) is 5.27. The van der Waals surface area contributed by atoms with Gasteiger partial charge in [0.1, 0.15) is 5.56 Å². The van der Waals surface area contributed by atoms with E-state index in [-0.39, 0.29) is 17.0 Å². The molecular formula is C13H13N3O2. The molecule has 1 amide bonds. The molecule has 0 spiro atoms. The number of hydrogen-bond donors (Lipinski definition) is 2. The number of aromatic amines is 1. The van der Waals surface area contributed by atoms with E-state index in [0.717, 1.165) is 5.56 Å². The van der Waals surface area contributed by atoms with Crippen LogP contribution in [0.2, 0.25) is 0 Å². The van der Waals surface area contributed by atoms with Crippen LogP contribution in [0.1, 0.15) is 21.5 Å². The van der Waals surface area contributed by atoms with Crippen molar-refractivity contribution in [2.24, 2.45) is 0 Å². The van der Waals surface area contributed by atoms with Gasteiger partial charge in [-0.25, -0.2) is 0 Å². The molecule has 0 aliphatic heterocycles. The average Bonchev–Trinajstić information content (AvgIpc) is 2.37. The Hall–Kier alpha value is -2.43. The van der Waals surface area contributed by atoms with Crippen molar-refractivity contribution in [2.45, 2.75) is 13.5 Å². The fraction of sp³-hybridized carbons (Fsp3) is 0.154. The lowest BCUT2D eigenvalue weighted by Crippen LogP contribution is -2.30. The van der Waals surface area contributed by atoms with Gasteiger partial charge in [0.15, 0.2) is 0 Å². The third-order valence-corrected chi connectivity index (χ3v) is 2.57. The average molecular weight is 243 g/mol. The molecule has 2 aromatic rings. The Balaban J connectivity index is 2.11. The summed E-state index contributed by atoms with van der Waals surface area (Å²) >= 11 is 0. The number of aromatic nitrogens is 2. The minimum Gasteiger partial charge on any atom is -0.348 e. The Morgan fingerprint density at radius 3 is 2.94 bits per heavy atom. The first kappa shape index (κ1) is 12.0. The Bertz CT molecular complexity index is 605. The molecule has 2 N–H and O–H groups in total. The van der Waals surface area contributed by atoms with Crippen molar-refractivity contribution >= 4 is 5.91 Å². The Morgan fingerprint density at radius 1 is 1.44 bits per heavy atom. The predicted molar refractivity (Wildman–Crippen MR) is 67.2 cm³/mol. The van der Waals surface area contributed by atoms with Gasteiger partial charge in [0.2, 0.25) is 0 Å². The molecule has 0 aliphatic rings. The highest BCUT2D eigenvalue weighted by Gasteiger charge is 2.12. The van der Waals surface area contributed by atoms with E-state index in [2.05, 4.69) is 15.3 Å². The van der Waals surface area contributed by atoms with Crippen LogP contribution >= 0.6 is 0 Å². The largest absolute Gasteiger partial charge is 0.348 e. The summed E-state index contributed by atoms with van der Waals surface area (Å²) in [5.41, 5.74) is 1.32. The van der Waals surface area contributed by atoms with Crippen molar-refractivity contribution in [3.05, 3.63) is 63.8 Å². The highest BCUT2D eigenvalue weighted by molar-refractivity contribution is 5.95.